The Morgan fingerprint density at radius 2 is 1.92 bits per heavy atom. The molecule has 4 aromatic rings. The van der Waals surface area contributed by atoms with Gasteiger partial charge in [-0.3, -0.25) is 19.7 Å². The number of carbonyl (C=O) groups excluding carboxylic acids is 1. The second kappa shape index (κ2) is 10.5. The molecule has 1 aromatic heterocycles. The van der Waals surface area contributed by atoms with Crippen LogP contribution >= 0.6 is 15.9 Å². The fourth-order valence-electron chi connectivity index (χ4n) is 3.37. The minimum Gasteiger partial charge on any atom is -0.483 e. The number of rotatable bonds is 7. The maximum Gasteiger partial charge on any atom is 0.282 e. The normalized spacial score (nSPS) is 11.1. The number of hydrogen-bond acceptors (Lipinski definition) is 7. The number of benzene rings is 3. The minimum atomic E-state index is -0.558. The molecule has 1 heterocycles. The number of hydrogen-bond donors (Lipinski definition) is 1. The third-order valence-corrected chi connectivity index (χ3v) is 5.67. The van der Waals surface area contributed by atoms with Crippen LogP contribution in [0.1, 0.15) is 17.0 Å². The van der Waals surface area contributed by atoms with Gasteiger partial charge in [-0.1, -0.05) is 33.6 Å². The lowest BCUT2D eigenvalue weighted by Crippen LogP contribution is -2.21. The van der Waals surface area contributed by atoms with Crippen LogP contribution in [0.5, 0.6) is 5.75 Å². The first-order valence-corrected chi connectivity index (χ1v) is 11.5. The van der Waals surface area contributed by atoms with Gasteiger partial charge in [0.15, 0.2) is 6.61 Å². The highest BCUT2D eigenvalue weighted by Gasteiger charge is 2.14. The maximum absolute atomic E-state index is 13.0. The Kier molecular flexibility index (Phi) is 7.20. The molecule has 0 saturated carbocycles. The SMILES string of the molecule is Cc1ccc(NC(=O)COc2ccc([N+](=O)[O-])cc2C=Nn2c(C)nc3ccc(Br)cc3c2=O)cc1. The van der Waals surface area contributed by atoms with Gasteiger partial charge in [0.25, 0.3) is 17.2 Å². The van der Waals surface area contributed by atoms with Crippen molar-refractivity contribution >= 4 is 50.3 Å². The summed E-state index contributed by atoms with van der Waals surface area (Å²) in [6, 6.07) is 16.3. The number of ether oxygens (including phenoxy) is 1. The fraction of sp³-hybridized carbons (Fsp3) is 0.120. The molecule has 1 amide bonds. The largest absolute Gasteiger partial charge is 0.483 e. The average Bonchev–Trinajstić information content (AvgIpc) is 2.85. The Hall–Kier alpha value is -4.38. The lowest BCUT2D eigenvalue weighted by molar-refractivity contribution is -0.384. The number of aromatic nitrogens is 2. The lowest BCUT2D eigenvalue weighted by atomic mass is 10.2. The van der Waals surface area contributed by atoms with Crippen molar-refractivity contribution in [3.05, 3.63) is 103 Å². The molecule has 0 bridgehead atoms. The first kappa shape index (κ1) is 24.7. The van der Waals surface area contributed by atoms with Crippen molar-refractivity contribution in [2.24, 2.45) is 5.10 Å². The molecule has 0 atom stereocenters. The number of carbonyl (C=O) groups is 1. The van der Waals surface area contributed by atoms with Gasteiger partial charge in [0.1, 0.15) is 11.6 Å². The molecule has 1 N–H and O–H groups in total. The van der Waals surface area contributed by atoms with Crippen LogP contribution in [-0.2, 0) is 4.79 Å². The van der Waals surface area contributed by atoms with Gasteiger partial charge in [-0.05, 0) is 50.2 Å². The number of fused-ring (bicyclic) bond motifs is 1. The van der Waals surface area contributed by atoms with Crippen LogP contribution in [0.4, 0.5) is 11.4 Å². The molecule has 10 nitrogen and oxygen atoms in total. The van der Waals surface area contributed by atoms with Crippen molar-refractivity contribution in [1.82, 2.24) is 9.66 Å². The van der Waals surface area contributed by atoms with E-state index in [2.05, 4.69) is 31.3 Å². The number of nitro benzene ring substituents is 1. The number of non-ortho nitro benzene ring substituents is 1. The molecule has 0 aliphatic rings. The molecule has 11 heteroatoms. The van der Waals surface area contributed by atoms with Crippen molar-refractivity contribution in [1.29, 1.82) is 0 Å². The fourth-order valence-corrected chi connectivity index (χ4v) is 3.74. The number of anilines is 1. The Balaban J connectivity index is 1.61. The van der Waals surface area contributed by atoms with Gasteiger partial charge in [-0.25, -0.2) is 4.98 Å². The molecule has 36 heavy (non-hydrogen) atoms. The van der Waals surface area contributed by atoms with Gasteiger partial charge in [-0.2, -0.15) is 9.78 Å². The van der Waals surface area contributed by atoms with E-state index in [1.807, 2.05) is 19.1 Å². The van der Waals surface area contributed by atoms with Crippen molar-refractivity contribution in [3.8, 4) is 5.75 Å². The summed E-state index contributed by atoms with van der Waals surface area (Å²) in [7, 11) is 0. The quantitative estimate of drug-likeness (QED) is 0.204. The predicted molar refractivity (Wildman–Crippen MR) is 140 cm³/mol. The highest BCUT2D eigenvalue weighted by Crippen LogP contribution is 2.23. The molecule has 0 radical (unpaired) electrons. The molecule has 0 unspecified atom stereocenters. The summed E-state index contributed by atoms with van der Waals surface area (Å²) < 4.78 is 7.44. The van der Waals surface area contributed by atoms with Gasteiger partial charge in [-0.15, -0.1) is 0 Å². The van der Waals surface area contributed by atoms with E-state index in [0.717, 1.165) is 10.2 Å². The number of amides is 1. The van der Waals surface area contributed by atoms with Crippen molar-refractivity contribution in [2.45, 2.75) is 13.8 Å². The lowest BCUT2D eigenvalue weighted by Gasteiger charge is -2.10. The molecule has 0 spiro atoms. The van der Waals surface area contributed by atoms with E-state index in [1.54, 1.807) is 37.3 Å². The highest BCUT2D eigenvalue weighted by molar-refractivity contribution is 9.10. The van der Waals surface area contributed by atoms with Crippen LogP contribution in [0.15, 0.2) is 75.0 Å². The summed E-state index contributed by atoms with van der Waals surface area (Å²) in [4.78, 5) is 40.5. The van der Waals surface area contributed by atoms with Crippen LogP contribution < -0.4 is 15.6 Å². The zero-order chi connectivity index (χ0) is 25.8. The van der Waals surface area contributed by atoms with Crippen molar-refractivity contribution in [2.75, 3.05) is 11.9 Å². The van der Waals surface area contributed by atoms with Crippen molar-refractivity contribution < 1.29 is 14.5 Å². The monoisotopic (exact) mass is 549 g/mol. The summed E-state index contributed by atoms with van der Waals surface area (Å²) in [6.45, 7) is 3.23. The summed E-state index contributed by atoms with van der Waals surface area (Å²) in [5.41, 5.74) is 1.81. The third kappa shape index (κ3) is 5.63. The molecule has 0 aliphatic heterocycles. The van der Waals surface area contributed by atoms with E-state index >= 15 is 0 Å². The number of halogens is 1. The third-order valence-electron chi connectivity index (χ3n) is 5.18. The van der Waals surface area contributed by atoms with Gasteiger partial charge in [0, 0.05) is 27.9 Å². The first-order chi connectivity index (χ1) is 17.2. The molecular weight excluding hydrogens is 530 g/mol. The highest BCUT2D eigenvalue weighted by atomic mass is 79.9. The second-order valence-electron chi connectivity index (χ2n) is 7.86. The zero-order valence-electron chi connectivity index (χ0n) is 19.3. The molecule has 0 aliphatic carbocycles. The summed E-state index contributed by atoms with van der Waals surface area (Å²) in [6.07, 6.45) is 1.26. The molecule has 4 rings (SSSR count). The van der Waals surface area contributed by atoms with Gasteiger partial charge in [0.2, 0.25) is 0 Å². The van der Waals surface area contributed by atoms with Crippen LogP contribution in [-0.4, -0.2) is 33.3 Å². The number of nitrogens with one attached hydrogen (secondary N) is 1. The molecule has 182 valence electrons. The summed E-state index contributed by atoms with van der Waals surface area (Å²) >= 11 is 3.34. The molecule has 3 aromatic carbocycles. The predicted octanol–water partition coefficient (Wildman–Crippen LogP) is 4.58. The topological polar surface area (TPSA) is 129 Å². The van der Waals surface area contributed by atoms with Crippen LogP contribution in [0, 0.1) is 24.0 Å². The van der Waals surface area contributed by atoms with Crippen molar-refractivity contribution in [3.63, 3.8) is 0 Å². The van der Waals surface area contributed by atoms with E-state index in [0.29, 0.717) is 26.9 Å². The summed E-state index contributed by atoms with van der Waals surface area (Å²) in [5.74, 6) is 0.110. The van der Waals surface area contributed by atoms with E-state index in [9.17, 15) is 19.7 Å². The van der Waals surface area contributed by atoms with E-state index in [-0.39, 0.29) is 23.6 Å². The maximum atomic E-state index is 13.0. The smallest absolute Gasteiger partial charge is 0.282 e. The second-order valence-corrected chi connectivity index (χ2v) is 8.78. The number of aryl methyl sites for hydroxylation is 2. The first-order valence-electron chi connectivity index (χ1n) is 10.7. The number of nitrogens with zero attached hydrogens (tertiary/aromatic N) is 4. The Labute approximate surface area is 213 Å². The van der Waals surface area contributed by atoms with E-state index in [1.165, 1.54) is 24.4 Å². The molecule has 0 fully saturated rings. The van der Waals surface area contributed by atoms with Crippen LogP contribution in [0.3, 0.4) is 0 Å². The van der Waals surface area contributed by atoms with E-state index < -0.39 is 16.4 Å². The standard InChI is InChI=1S/C25H20BrN5O5/c1-15-3-6-19(7-4-15)29-24(32)14-36-23-10-8-20(31(34)35)11-17(23)13-27-30-16(2)28-22-9-5-18(26)12-21(22)25(30)33/h3-13H,14H2,1-2H3,(H,29,32). The number of nitro groups is 1. The van der Waals surface area contributed by atoms with Gasteiger partial charge < -0.3 is 10.1 Å². The van der Waals surface area contributed by atoms with Gasteiger partial charge in [0.05, 0.1) is 22.0 Å². The summed E-state index contributed by atoms with van der Waals surface area (Å²) in [5, 5.41) is 18.6. The van der Waals surface area contributed by atoms with Crippen LogP contribution in [0.2, 0.25) is 0 Å². The Morgan fingerprint density at radius 3 is 2.64 bits per heavy atom. The zero-order valence-corrected chi connectivity index (χ0v) is 20.9. The van der Waals surface area contributed by atoms with Gasteiger partial charge >= 0.3 is 0 Å². The van der Waals surface area contributed by atoms with E-state index in [4.69, 9.17) is 4.74 Å². The van der Waals surface area contributed by atoms with Crippen LogP contribution in [0.25, 0.3) is 10.9 Å². The molecule has 0 saturated heterocycles. The average molecular weight is 550 g/mol. The molecular formula is C25H20BrN5O5. The Bertz CT molecular complexity index is 1560. The Morgan fingerprint density at radius 1 is 1.17 bits per heavy atom. The minimum absolute atomic E-state index is 0.186.